The van der Waals surface area contributed by atoms with Crippen molar-refractivity contribution in [1.82, 2.24) is 0 Å². The Bertz CT molecular complexity index is 762. The summed E-state index contributed by atoms with van der Waals surface area (Å²) >= 11 is 1.14. The van der Waals surface area contributed by atoms with E-state index >= 15 is 0 Å². The molecule has 3 unspecified atom stereocenters. The molecule has 9 heteroatoms. The lowest BCUT2D eigenvalue weighted by atomic mass is 9.96. The molecule has 0 aromatic heterocycles. The number of nitro groups is 1. The molecule has 0 bridgehead atoms. The lowest BCUT2D eigenvalue weighted by Crippen LogP contribution is -2.23. The molecule has 0 spiro atoms. The van der Waals surface area contributed by atoms with Gasteiger partial charge in [0, 0.05) is 22.3 Å². The predicted molar refractivity (Wildman–Crippen MR) is 97.9 cm³/mol. The van der Waals surface area contributed by atoms with Gasteiger partial charge in [0.15, 0.2) is 11.5 Å². The predicted octanol–water partition coefficient (Wildman–Crippen LogP) is 2.50. The van der Waals surface area contributed by atoms with Crippen molar-refractivity contribution < 1.29 is 22.8 Å². The fraction of sp³-hybridized carbons (Fsp3) is 0.500. The van der Waals surface area contributed by atoms with Gasteiger partial charge in [-0.1, -0.05) is 23.9 Å². The van der Waals surface area contributed by atoms with E-state index in [1.165, 1.54) is 19.4 Å². The van der Waals surface area contributed by atoms with Crippen LogP contribution >= 0.6 is 11.8 Å². The highest BCUT2D eigenvalue weighted by atomic mass is 32.2. The Labute approximate surface area is 151 Å². The first-order valence-corrected chi connectivity index (χ1v) is 10.7. The number of benzene rings is 1. The number of methoxy groups -OCH3 is 1. The molecule has 0 N–H and O–H groups in total. The van der Waals surface area contributed by atoms with Gasteiger partial charge in [0.05, 0.1) is 19.5 Å². The van der Waals surface area contributed by atoms with Gasteiger partial charge in [-0.15, -0.1) is 0 Å². The summed E-state index contributed by atoms with van der Waals surface area (Å²) in [6, 6.07) is 5.26. The van der Waals surface area contributed by atoms with E-state index in [0.29, 0.717) is 18.1 Å². The molecule has 7 nitrogen and oxygen atoms in total. The van der Waals surface area contributed by atoms with Gasteiger partial charge in [-0.05, 0) is 30.7 Å². The third-order valence-electron chi connectivity index (χ3n) is 3.76. The summed E-state index contributed by atoms with van der Waals surface area (Å²) < 4.78 is 34.6. The fourth-order valence-electron chi connectivity index (χ4n) is 2.70. The Hall–Kier alpha value is -1.74. The summed E-state index contributed by atoms with van der Waals surface area (Å²) in [5, 5.41) is 9.84. The summed E-state index contributed by atoms with van der Waals surface area (Å²) in [6.45, 7) is 2.29. The normalized spacial score (nSPS) is 21.1. The van der Waals surface area contributed by atoms with Crippen molar-refractivity contribution in [3.8, 4) is 11.5 Å². The van der Waals surface area contributed by atoms with Gasteiger partial charge in [-0.2, -0.15) is 0 Å². The highest BCUT2D eigenvalue weighted by Crippen LogP contribution is 2.40. The van der Waals surface area contributed by atoms with Crippen LogP contribution in [0.4, 0.5) is 0 Å². The molecule has 0 radical (unpaired) electrons. The molecule has 0 saturated carbocycles. The zero-order chi connectivity index (χ0) is 18.6. The van der Waals surface area contributed by atoms with E-state index in [2.05, 4.69) is 0 Å². The molecule has 0 saturated heterocycles. The molecule has 1 aromatic carbocycles. The smallest absolute Gasteiger partial charge is 0.277 e. The van der Waals surface area contributed by atoms with Crippen molar-refractivity contribution in [3.63, 3.8) is 0 Å². The Morgan fingerprint density at radius 1 is 1.32 bits per heavy atom. The minimum absolute atomic E-state index is 0.0999. The summed E-state index contributed by atoms with van der Waals surface area (Å²) in [4.78, 5) is 10.6. The van der Waals surface area contributed by atoms with E-state index in [1.807, 2.05) is 6.92 Å². The van der Waals surface area contributed by atoms with Gasteiger partial charge in [0.2, 0.25) is 0 Å². The Balaban J connectivity index is 2.38. The second-order valence-corrected chi connectivity index (χ2v) is 9.19. The van der Waals surface area contributed by atoms with E-state index in [4.69, 9.17) is 9.47 Å². The van der Waals surface area contributed by atoms with Crippen LogP contribution in [-0.2, 0) is 9.84 Å². The number of thioether (sulfide) groups is 1. The second-order valence-electron chi connectivity index (χ2n) is 5.70. The molecule has 3 atom stereocenters. The second kappa shape index (κ2) is 8.09. The van der Waals surface area contributed by atoms with Crippen LogP contribution in [0.1, 0.15) is 18.4 Å². The highest BCUT2D eigenvalue weighted by Gasteiger charge is 2.35. The van der Waals surface area contributed by atoms with Crippen LogP contribution in [-0.4, -0.2) is 49.7 Å². The van der Waals surface area contributed by atoms with Gasteiger partial charge >= 0.3 is 0 Å². The Morgan fingerprint density at radius 3 is 2.56 bits per heavy atom. The first kappa shape index (κ1) is 19.6. The van der Waals surface area contributed by atoms with Crippen LogP contribution in [0, 0.1) is 10.1 Å². The standard InChI is InChI=1S/C16H21NO6S2/c1-4-23-14-9-11(5-6-13(14)22-2)12(10-25(3,20)21)15-7-8-16(24-15)17(18)19/h5-9,12,15-16H,4,10H2,1-3H3. The molecule has 1 aliphatic heterocycles. The maximum atomic E-state index is 11.9. The van der Waals surface area contributed by atoms with Crippen molar-refractivity contribution in [2.75, 3.05) is 25.7 Å². The quantitative estimate of drug-likeness (QED) is 0.384. The fourth-order valence-corrected chi connectivity index (χ4v) is 5.11. The molecule has 1 aliphatic rings. The summed E-state index contributed by atoms with van der Waals surface area (Å²) in [5.41, 5.74) is 0.751. The van der Waals surface area contributed by atoms with Crippen LogP contribution in [0.3, 0.4) is 0 Å². The first-order valence-electron chi connectivity index (χ1n) is 7.71. The minimum Gasteiger partial charge on any atom is -0.493 e. The van der Waals surface area contributed by atoms with Gasteiger partial charge in [-0.3, -0.25) is 10.1 Å². The van der Waals surface area contributed by atoms with Crippen LogP contribution in [0.25, 0.3) is 0 Å². The van der Waals surface area contributed by atoms with Gasteiger partial charge < -0.3 is 9.47 Å². The molecule has 2 rings (SSSR count). The topological polar surface area (TPSA) is 95.7 Å². The highest BCUT2D eigenvalue weighted by molar-refractivity contribution is 8.01. The van der Waals surface area contributed by atoms with Crippen molar-refractivity contribution in [2.24, 2.45) is 0 Å². The number of hydrogen-bond acceptors (Lipinski definition) is 7. The lowest BCUT2D eigenvalue weighted by molar-refractivity contribution is -0.482. The first-order chi connectivity index (χ1) is 11.7. The van der Waals surface area contributed by atoms with Crippen LogP contribution in [0.5, 0.6) is 11.5 Å². The number of nitrogens with zero attached hydrogens (tertiary/aromatic N) is 1. The molecule has 0 aliphatic carbocycles. The average molecular weight is 387 g/mol. The minimum atomic E-state index is -3.28. The molecular formula is C16H21NO6S2. The third kappa shape index (κ3) is 5.12. The van der Waals surface area contributed by atoms with E-state index in [9.17, 15) is 18.5 Å². The lowest BCUT2D eigenvalue weighted by Gasteiger charge is -2.23. The summed E-state index contributed by atoms with van der Waals surface area (Å²) in [5.74, 6) is 0.573. The van der Waals surface area contributed by atoms with Gasteiger partial charge in [0.25, 0.3) is 5.37 Å². The zero-order valence-corrected chi connectivity index (χ0v) is 15.9. The number of hydrogen-bond donors (Lipinski definition) is 0. The Kier molecular flexibility index (Phi) is 6.34. The molecule has 0 fully saturated rings. The molecular weight excluding hydrogens is 366 g/mol. The van der Waals surface area contributed by atoms with Crippen LogP contribution in [0.15, 0.2) is 30.4 Å². The monoisotopic (exact) mass is 387 g/mol. The maximum Gasteiger partial charge on any atom is 0.277 e. The summed E-state index contributed by atoms with van der Waals surface area (Å²) in [6.07, 6.45) is 4.40. The van der Waals surface area contributed by atoms with Crippen LogP contribution < -0.4 is 9.47 Å². The molecule has 1 aromatic rings. The van der Waals surface area contributed by atoms with E-state index in [0.717, 1.165) is 17.3 Å². The molecule has 138 valence electrons. The largest absolute Gasteiger partial charge is 0.493 e. The SMILES string of the molecule is CCOc1cc(C(CS(C)(=O)=O)C2C=CC([N+](=O)[O-])S2)ccc1OC. The van der Waals surface area contributed by atoms with Crippen molar-refractivity contribution in [2.45, 2.75) is 23.5 Å². The number of ether oxygens (including phenoxy) is 2. The number of rotatable bonds is 8. The average Bonchev–Trinajstić information content (AvgIpc) is 3.02. The van der Waals surface area contributed by atoms with Crippen molar-refractivity contribution >= 4 is 21.6 Å². The Morgan fingerprint density at radius 2 is 2.04 bits per heavy atom. The summed E-state index contributed by atoms with van der Waals surface area (Å²) in [7, 11) is -1.75. The maximum absolute atomic E-state index is 11.9. The zero-order valence-electron chi connectivity index (χ0n) is 14.2. The van der Waals surface area contributed by atoms with Crippen molar-refractivity contribution in [1.29, 1.82) is 0 Å². The van der Waals surface area contributed by atoms with Gasteiger partial charge in [-0.25, -0.2) is 8.42 Å². The molecule has 1 heterocycles. The van der Waals surface area contributed by atoms with E-state index in [1.54, 1.807) is 24.3 Å². The van der Waals surface area contributed by atoms with Crippen LogP contribution in [0.2, 0.25) is 0 Å². The molecule has 25 heavy (non-hydrogen) atoms. The van der Waals surface area contributed by atoms with Crippen molar-refractivity contribution in [3.05, 3.63) is 46.0 Å². The van der Waals surface area contributed by atoms with Gasteiger partial charge in [0.1, 0.15) is 9.84 Å². The third-order valence-corrected chi connectivity index (χ3v) is 6.14. The van der Waals surface area contributed by atoms with E-state index < -0.39 is 21.1 Å². The molecule has 0 amide bonds. The number of sulfone groups is 1. The van der Waals surface area contributed by atoms with E-state index in [-0.39, 0.29) is 15.9 Å².